The molecule has 0 bridgehead atoms. The van der Waals surface area contributed by atoms with Crippen LogP contribution < -0.4 is 10.6 Å². The minimum atomic E-state index is -0.167. The Kier molecular flexibility index (Phi) is 4.91. The Bertz CT molecular complexity index is 845. The SMILES string of the molecule is Cc1ccc(NC(=O)c2ccnc(Nc3ccc(Br)cc3)c2)cc1. The van der Waals surface area contributed by atoms with Crippen molar-refractivity contribution >= 4 is 39.0 Å². The molecule has 0 spiro atoms. The normalized spacial score (nSPS) is 10.2. The van der Waals surface area contributed by atoms with Crippen molar-refractivity contribution in [3.05, 3.63) is 82.5 Å². The quantitative estimate of drug-likeness (QED) is 0.656. The van der Waals surface area contributed by atoms with E-state index in [1.807, 2.05) is 55.5 Å². The van der Waals surface area contributed by atoms with Crippen LogP contribution in [0, 0.1) is 6.92 Å². The highest BCUT2D eigenvalue weighted by Crippen LogP contribution is 2.19. The van der Waals surface area contributed by atoms with E-state index in [4.69, 9.17) is 0 Å². The van der Waals surface area contributed by atoms with Gasteiger partial charge in [-0.05, 0) is 55.5 Å². The molecule has 0 aliphatic carbocycles. The molecule has 0 fully saturated rings. The fourth-order valence-electron chi connectivity index (χ4n) is 2.16. The van der Waals surface area contributed by atoms with E-state index < -0.39 is 0 Å². The number of benzene rings is 2. The number of anilines is 3. The van der Waals surface area contributed by atoms with Gasteiger partial charge < -0.3 is 10.6 Å². The van der Waals surface area contributed by atoms with Gasteiger partial charge in [0, 0.05) is 27.6 Å². The fraction of sp³-hybridized carbons (Fsp3) is 0.0526. The van der Waals surface area contributed by atoms with Gasteiger partial charge in [0.1, 0.15) is 5.82 Å². The third kappa shape index (κ3) is 4.20. The number of nitrogens with zero attached hydrogens (tertiary/aromatic N) is 1. The van der Waals surface area contributed by atoms with Gasteiger partial charge in [-0.25, -0.2) is 4.98 Å². The summed E-state index contributed by atoms with van der Waals surface area (Å²) in [4.78, 5) is 16.6. The molecule has 0 aliphatic rings. The van der Waals surface area contributed by atoms with E-state index in [-0.39, 0.29) is 5.91 Å². The number of hydrogen-bond acceptors (Lipinski definition) is 3. The number of carbonyl (C=O) groups is 1. The first-order valence-corrected chi connectivity index (χ1v) is 8.26. The van der Waals surface area contributed by atoms with Gasteiger partial charge in [0.2, 0.25) is 0 Å². The molecule has 2 aromatic carbocycles. The van der Waals surface area contributed by atoms with Crippen LogP contribution in [0.5, 0.6) is 0 Å². The molecule has 0 saturated carbocycles. The summed E-state index contributed by atoms with van der Waals surface area (Å²) in [7, 11) is 0. The predicted molar refractivity (Wildman–Crippen MR) is 101 cm³/mol. The fourth-order valence-corrected chi connectivity index (χ4v) is 2.43. The Hall–Kier alpha value is -2.66. The summed E-state index contributed by atoms with van der Waals surface area (Å²) in [5.74, 6) is 0.453. The molecule has 0 radical (unpaired) electrons. The van der Waals surface area contributed by atoms with Crippen molar-refractivity contribution in [1.29, 1.82) is 0 Å². The molecule has 1 amide bonds. The van der Waals surface area contributed by atoms with Crippen LogP contribution >= 0.6 is 15.9 Å². The molecular formula is C19H16BrN3O. The maximum Gasteiger partial charge on any atom is 0.255 e. The van der Waals surface area contributed by atoms with Crippen molar-refractivity contribution in [2.75, 3.05) is 10.6 Å². The lowest BCUT2D eigenvalue weighted by Crippen LogP contribution is -2.12. The standard InChI is InChI=1S/C19H16BrN3O/c1-13-2-6-17(7-3-13)23-19(24)14-10-11-21-18(12-14)22-16-8-4-15(20)5-9-16/h2-12H,1H3,(H,21,22)(H,23,24). The molecule has 0 unspecified atom stereocenters. The maximum atomic E-state index is 12.4. The zero-order chi connectivity index (χ0) is 16.9. The highest BCUT2D eigenvalue weighted by Gasteiger charge is 2.07. The molecule has 5 heteroatoms. The van der Waals surface area contributed by atoms with Gasteiger partial charge in [-0.3, -0.25) is 4.79 Å². The molecule has 1 aromatic heterocycles. The molecule has 0 atom stereocenters. The third-order valence-corrected chi connectivity index (χ3v) is 3.98. The van der Waals surface area contributed by atoms with Gasteiger partial charge in [0.25, 0.3) is 5.91 Å². The Labute approximate surface area is 149 Å². The molecule has 1 heterocycles. The summed E-state index contributed by atoms with van der Waals surface area (Å²) in [6.45, 7) is 2.01. The Morgan fingerprint density at radius 2 is 1.62 bits per heavy atom. The van der Waals surface area contributed by atoms with Crippen LogP contribution in [0.1, 0.15) is 15.9 Å². The number of amides is 1. The van der Waals surface area contributed by atoms with Crippen LogP contribution in [0.3, 0.4) is 0 Å². The number of aryl methyl sites for hydroxylation is 1. The number of carbonyl (C=O) groups excluding carboxylic acids is 1. The van der Waals surface area contributed by atoms with Gasteiger partial charge in [-0.15, -0.1) is 0 Å². The van der Waals surface area contributed by atoms with Gasteiger partial charge in [0.15, 0.2) is 0 Å². The molecule has 3 aromatic rings. The zero-order valence-corrected chi connectivity index (χ0v) is 14.7. The highest BCUT2D eigenvalue weighted by atomic mass is 79.9. The summed E-state index contributed by atoms with van der Waals surface area (Å²) in [6.07, 6.45) is 1.62. The third-order valence-electron chi connectivity index (χ3n) is 3.45. The molecule has 0 saturated heterocycles. The summed E-state index contributed by atoms with van der Waals surface area (Å²) < 4.78 is 1.01. The van der Waals surface area contributed by atoms with Crippen molar-refractivity contribution in [2.45, 2.75) is 6.92 Å². The van der Waals surface area contributed by atoms with E-state index in [1.54, 1.807) is 18.3 Å². The molecule has 24 heavy (non-hydrogen) atoms. The van der Waals surface area contributed by atoms with Crippen molar-refractivity contribution < 1.29 is 4.79 Å². The number of rotatable bonds is 4. The number of pyridine rings is 1. The van der Waals surface area contributed by atoms with Crippen LogP contribution in [0.4, 0.5) is 17.2 Å². The summed E-state index contributed by atoms with van der Waals surface area (Å²) in [6, 6.07) is 18.9. The van der Waals surface area contributed by atoms with E-state index in [0.29, 0.717) is 11.4 Å². The average molecular weight is 382 g/mol. The Morgan fingerprint density at radius 3 is 2.33 bits per heavy atom. The van der Waals surface area contributed by atoms with Crippen LogP contribution in [-0.2, 0) is 0 Å². The largest absolute Gasteiger partial charge is 0.340 e. The molecule has 3 rings (SSSR count). The molecule has 2 N–H and O–H groups in total. The number of halogens is 1. The Morgan fingerprint density at radius 1 is 0.958 bits per heavy atom. The second kappa shape index (κ2) is 7.27. The minimum Gasteiger partial charge on any atom is -0.340 e. The van der Waals surface area contributed by atoms with E-state index in [9.17, 15) is 4.79 Å². The summed E-state index contributed by atoms with van der Waals surface area (Å²) in [5, 5.41) is 6.07. The van der Waals surface area contributed by atoms with E-state index in [0.717, 1.165) is 21.4 Å². The van der Waals surface area contributed by atoms with Gasteiger partial charge in [-0.2, -0.15) is 0 Å². The lowest BCUT2D eigenvalue weighted by Gasteiger charge is -2.09. The number of aromatic nitrogens is 1. The monoisotopic (exact) mass is 381 g/mol. The average Bonchev–Trinajstić information content (AvgIpc) is 2.59. The van der Waals surface area contributed by atoms with Crippen LogP contribution in [0.2, 0.25) is 0 Å². The highest BCUT2D eigenvalue weighted by molar-refractivity contribution is 9.10. The van der Waals surface area contributed by atoms with Crippen LogP contribution in [-0.4, -0.2) is 10.9 Å². The first-order chi connectivity index (χ1) is 11.6. The molecule has 120 valence electrons. The molecule has 4 nitrogen and oxygen atoms in total. The van der Waals surface area contributed by atoms with Gasteiger partial charge >= 0.3 is 0 Å². The lowest BCUT2D eigenvalue weighted by atomic mass is 10.2. The lowest BCUT2D eigenvalue weighted by molar-refractivity contribution is 0.102. The zero-order valence-electron chi connectivity index (χ0n) is 13.1. The topological polar surface area (TPSA) is 54.0 Å². The first-order valence-electron chi connectivity index (χ1n) is 7.47. The number of nitrogens with one attached hydrogen (secondary N) is 2. The van der Waals surface area contributed by atoms with E-state index in [2.05, 4.69) is 31.5 Å². The van der Waals surface area contributed by atoms with E-state index >= 15 is 0 Å². The predicted octanol–water partition coefficient (Wildman–Crippen LogP) is 5.15. The maximum absolute atomic E-state index is 12.4. The van der Waals surface area contributed by atoms with Gasteiger partial charge in [0.05, 0.1) is 0 Å². The van der Waals surface area contributed by atoms with Crippen molar-refractivity contribution in [3.8, 4) is 0 Å². The summed E-state index contributed by atoms with van der Waals surface area (Å²) in [5.41, 5.74) is 3.37. The first kappa shape index (κ1) is 16.2. The van der Waals surface area contributed by atoms with Crippen LogP contribution in [0.25, 0.3) is 0 Å². The second-order valence-corrected chi connectivity index (χ2v) is 6.30. The smallest absolute Gasteiger partial charge is 0.255 e. The van der Waals surface area contributed by atoms with Crippen molar-refractivity contribution in [1.82, 2.24) is 4.98 Å². The summed E-state index contributed by atoms with van der Waals surface area (Å²) >= 11 is 3.40. The second-order valence-electron chi connectivity index (χ2n) is 5.38. The van der Waals surface area contributed by atoms with Crippen LogP contribution in [0.15, 0.2) is 71.3 Å². The Balaban J connectivity index is 1.73. The number of hydrogen-bond donors (Lipinski definition) is 2. The van der Waals surface area contributed by atoms with Crippen molar-refractivity contribution in [2.24, 2.45) is 0 Å². The molecule has 0 aliphatic heterocycles. The van der Waals surface area contributed by atoms with Gasteiger partial charge in [-0.1, -0.05) is 33.6 Å². The minimum absolute atomic E-state index is 0.167. The molecular weight excluding hydrogens is 366 g/mol. The van der Waals surface area contributed by atoms with E-state index in [1.165, 1.54) is 0 Å². The van der Waals surface area contributed by atoms with Crippen molar-refractivity contribution in [3.63, 3.8) is 0 Å².